The molecule has 1 fully saturated rings. The van der Waals surface area contributed by atoms with Crippen molar-refractivity contribution in [2.45, 2.75) is 33.2 Å². The molecule has 6 heteroatoms. The number of halogens is 1. The number of aryl methyl sites for hydroxylation is 2. The Morgan fingerprint density at radius 3 is 2.41 bits per heavy atom. The molecule has 29 heavy (non-hydrogen) atoms. The van der Waals surface area contributed by atoms with Gasteiger partial charge in [0.25, 0.3) is 0 Å². The van der Waals surface area contributed by atoms with Gasteiger partial charge in [0, 0.05) is 36.9 Å². The molecule has 1 heterocycles. The predicted octanol–water partition coefficient (Wildman–Crippen LogP) is 3.67. The van der Waals surface area contributed by atoms with E-state index in [0.717, 1.165) is 22.4 Å². The van der Waals surface area contributed by atoms with Crippen LogP contribution in [-0.4, -0.2) is 53.8 Å². The second-order valence-corrected chi connectivity index (χ2v) is 8.08. The summed E-state index contributed by atoms with van der Waals surface area (Å²) in [5.41, 5.74) is 3.92. The molecular weight excluding hydrogens is 386 g/mol. The third-order valence-corrected chi connectivity index (χ3v) is 5.89. The lowest BCUT2D eigenvalue weighted by Crippen LogP contribution is -2.54. The molecule has 3 rings (SSSR count). The average molecular weight is 414 g/mol. The number of carbonyl (C=O) groups excluding carboxylic acids is 2. The zero-order valence-electron chi connectivity index (χ0n) is 17.2. The monoisotopic (exact) mass is 413 g/mol. The van der Waals surface area contributed by atoms with Gasteiger partial charge in [-0.2, -0.15) is 0 Å². The lowest BCUT2D eigenvalue weighted by Gasteiger charge is -2.37. The molecule has 0 bridgehead atoms. The van der Waals surface area contributed by atoms with E-state index in [1.807, 2.05) is 62.1 Å². The minimum atomic E-state index is -0.276. The fourth-order valence-corrected chi connectivity index (χ4v) is 3.75. The number of nitrogens with zero attached hydrogens (tertiary/aromatic N) is 2. The Morgan fingerprint density at radius 1 is 1.03 bits per heavy atom. The number of amides is 2. The van der Waals surface area contributed by atoms with Crippen LogP contribution in [0.5, 0.6) is 0 Å². The van der Waals surface area contributed by atoms with Crippen LogP contribution in [0.15, 0.2) is 42.5 Å². The SMILES string of the molecule is Cc1ccccc1CC(=O)N1CCN(C(C)C(=O)Nc2cc(Cl)ccc2C)CC1. The number of carbonyl (C=O) groups is 2. The third-order valence-electron chi connectivity index (χ3n) is 5.65. The first-order valence-corrected chi connectivity index (χ1v) is 10.4. The summed E-state index contributed by atoms with van der Waals surface area (Å²) in [4.78, 5) is 29.4. The largest absolute Gasteiger partial charge is 0.340 e. The van der Waals surface area contributed by atoms with E-state index in [-0.39, 0.29) is 17.9 Å². The van der Waals surface area contributed by atoms with Gasteiger partial charge in [0.2, 0.25) is 11.8 Å². The van der Waals surface area contributed by atoms with E-state index in [1.54, 1.807) is 6.07 Å². The highest BCUT2D eigenvalue weighted by atomic mass is 35.5. The Balaban J connectivity index is 1.53. The summed E-state index contributed by atoms with van der Waals surface area (Å²) in [5.74, 6) is 0.0839. The third kappa shape index (κ3) is 5.37. The fraction of sp³-hybridized carbons (Fsp3) is 0.391. The number of benzene rings is 2. The van der Waals surface area contributed by atoms with E-state index >= 15 is 0 Å². The lowest BCUT2D eigenvalue weighted by molar-refractivity contribution is -0.133. The summed E-state index contributed by atoms with van der Waals surface area (Å²) in [5, 5.41) is 3.57. The van der Waals surface area contributed by atoms with Gasteiger partial charge in [0.05, 0.1) is 12.5 Å². The first-order valence-electron chi connectivity index (χ1n) is 9.98. The minimum Gasteiger partial charge on any atom is -0.340 e. The van der Waals surface area contributed by atoms with Crippen LogP contribution in [0.2, 0.25) is 5.02 Å². The number of piperazine rings is 1. The zero-order chi connectivity index (χ0) is 21.0. The molecule has 5 nitrogen and oxygen atoms in total. The summed E-state index contributed by atoms with van der Waals surface area (Å²) in [6, 6.07) is 13.2. The number of hydrogen-bond donors (Lipinski definition) is 1. The fourth-order valence-electron chi connectivity index (χ4n) is 3.57. The van der Waals surface area contributed by atoms with Gasteiger partial charge >= 0.3 is 0 Å². The maximum absolute atomic E-state index is 12.7. The highest BCUT2D eigenvalue weighted by molar-refractivity contribution is 6.31. The van der Waals surface area contributed by atoms with Crippen LogP contribution < -0.4 is 5.32 Å². The number of rotatable bonds is 5. The molecule has 1 aliphatic heterocycles. The first kappa shape index (κ1) is 21.3. The van der Waals surface area contributed by atoms with Crippen molar-refractivity contribution in [2.24, 2.45) is 0 Å². The normalized spacial score (nSPS) is 15.8. The van der Waals surface area contributed by atoms with E-state index in [4.69, 9.17) is 11.6 Å². The highest BCUT2D eigenvalue weighted by Gasteiger charge is 2.27. The van der Waals surface area contributed by atoms with Crippen molar-refractivity contribution in [1.29, 1.82) is 0 Å². The first-order chi connectivity index (χ1) is 13.8. The molecule has 1 saturated heterocycles. The van der Waals surface area contributed by atoms with Crippen molar-refractivity contribution in [3.05, 3.63) is 64.2 Å². The van der Waals surface area contributed by atoms with Gasteiger partial charge < -0.3 is 10.2 Å². The molecule has 2 aromatic carbocycles. The van der Waals surface area contributed by atoms with Gasteiger partial charge in [-0.1, -0.05) is 41.9 Å². The van der Waals surface area contributed by atoms with Gasteiger partial charge in [-0.05, 0) is 49.6 Å². The molecule has 1 N–H and O–H groups in total. The second-order valence-electron chi connectivity index (χ2n) is 7.64. The molecule has 0 aliphatic carbocycles. The molecule has 1 atom stereocenters. The smallest absolute Gasteiger partial charge is 0.241 e. The Bertz CT molecular complexity index is 891. The molecule has 1 aliphatic rings. The summed E-state index contributed by atoms with van der Waals surface area (Å²) < 4.78 is 0. The molecule has 154 valence electrons. The van der Waals surface area contributed by atoms with Crippen molar-refractivity contribution in [2.75, 3.05) is 31.5 Å². The maximum atomic E-state index is 12.7. The van der Waals surface area contributed by atoms with Gasteiger partial charge in [0.15, 0.2) is 0 Å². The number of anilines is 1. The minimum absolute atomic E-state index is 0.0601. The van der Waals surface area contributed by atoms with Crippen molar-refractivity contribution in [3.63, 3.8) is 0 Å². The van der Waals surface area contributed by atoms with E-state index in [0.29, 0.717) is 37.6 Å². The van der Waals surface area contributed by atoms with Crippen molar-refractivity contribution >= 4 is 29.1 Å². The van der Waals surface area contributed by atoms with Crippen molar-refractivity contribution in [1.82, 2.24) is 9.80 Å². The molecule has 2 aromatic rings. The molecule has 0 saturated carbocycles. The molecular formula is C23H28ClN3O2. The summed E-state index contributed by atoms with van der Waals surface area (Å²) >= 11 is 6.04. The van der Waals surface area contributed by atoms with Crippen LogP contribution in [0.3, 0.4) is 0 Å². The van der Waals surface area contributed by atoms with Crippen LogP contribution in [0.1, 0.15) is 23.6 Å². The van der Waals surface area contributed by atoms with E-state index in [2.05, 4.69) is 10.2 Å². The van der Waals surface area contributed by atoms with Gasteiger partial charge in [-0.25, -0.2) is 0 Å². The molecule has 2 amide bonds. The van der Waals surface area contributed by atoms with Crippen LogP contribution in [0, 0.1) is 13.8 Å². The molecule has 0 radical (unpaired) electrons. The van der Waals surface area contributed by atoms with Gasteiger partial charge in [-0.15, -0.1) is 0 Å². The van der Waals surface area contributed by atoms with Gasteiger partial charge in [0.1, 0.15) is 0 Å². The van der Waals surface area contributed by atoms with Gasteiger partial charge in [-0.3, -0.25) is 14.5 Å². The highest BCUT2D eigenvalue weighted by Crippen LogP contribution is 2.21. The molecule has 0 spiro atoms. The number of hydrogen-bond acceptors (Lipinski definition) is 3. The van der Waals surface area contributed by atoms with Crippen LogP contribution in [0.4, 0.5) is 5.69 Å². The Labute approximate surface area is 177 Å². The summed E-state index contributed by atoms with van der Waals surface area (Å²) in [6.45, 7) is 8.51. The predicted molar refractivity (Wildman–Crippen MR) is 117 cm³/mol. The van der Waals surface area contributed by atoms with E-state index < -0.39 is 0 Å². The van der Waals surface area contributed by atoms with Crippen molar-refractivity contribution < 1.29 is 9.59 Å². The van der Waals surface area contributed by atoms with Crippen LogP contribution >= 0.6 is 11.6 Å². The standard InChI is InChI=1S/C23H28ClN3O2/c1-16-6-4-5-7-19(16)14-22(28)27-12-10-26(11-13-27)18(3)23(29)25-21-15-20(24)9-8-17(21)2/h4-9,15,18H,10-14H2,1-3H3,(H,25,29). The van der Waals surface area contributed by atoms with E-state index in [1.165, 1.54) is 0 Å². The molecule has 0 aromatic heterocycles. The van der Waals surface area contributed by atoms with Crippen LogP contribution in [0.25, 0.3) is 0 Å². The topological polar surface area (TPSA) is 52.7 Å². The zero-order valence-corrected chi connectivity index (χ0v) is 18.0. The second kappa shape index (κ2) is 9.42. The quantitative estimate of drug-likeness (QED) is 0.813. The Kier molecular flexibility index (Phi) is 6.93. The van der Waals surface area contributed by atoms with Crippen LogP contribution in [-0.2, 0) is 16.0 Å². The summed E-state index contributed by atoms with van der Waals surface area (Å²) in [7, 11) is 0. The Hall–Kier alpha value is -2.37. The maximum Gasteiger partial charge on any atom is 0.241 e. The number of nitrogens with one attached hydrogen (secondary N) is 1. The van der Waals surface area contributed by atoms with E-state index in [9.17, 15) is 9.59 Å². The molecule has 1 unspecified atom stereocenters. The van der Waals surface area contributed by atoms with Crippen molar-refractivity contribution in [3.8, 4) is 0 Å². The Morgan fingerprint density at radius 2 is 1.72 bits per heavy atom. The lowest BCUT2D eigenvalue weighted by atomic mass is 10.0. The summed E-state index contributed by atoms with van der Waals surface area (Å²) in [6.07, 6.45) is 0.427. The average Bonchev–Trinajstić information content (AvgIpc) is 2.72.